The van der Waals surface area contributed by atoms with Crippen molar-refractivity contribution >= 4 is 17.7 Å². The Morgan fingerprint density at radius 2 is 1.91 bits per heavy atom. The highest BCUT2D eigenvalue weighted by atomic mass is 16.7. The van der Waals surface area contributed by atoms with E-state index in [4.69, 9.17) is 18.6 Å². The molecule has 2 saturated carbocycles. The molecule has 0 amide bonds. The number of Topliss-reactive ketones (excluding diaryl/α,β-unsaturated/α-hetero) is 1. The smallest absolute Gasteiger partial charge is 0.339 e. The van der Waals surface area contributed by atoms with Gasteiger partial charge in [-0.15, -0.1) is 0 Å². The molecule has 1 N–H and O–H groups in total. The molecule has 2 saturated heterocycles. The van der Waals surface area contributed by atoms with Crippen LogP contribution in [0.3, 0.4) is 0 Å². The molecule has 8 nitrogen and oxygen atoms in total. The molecule has 2 aliphatic heterocycles. The summed E-state index contributed by atoms with van der Waals surface area (Å²) in [5.41, 5.74) is -1.89. The number of ether oxygens (including phenoxy) is 3. The van der Waals surface area contributed by atoms with Crippen molar-refractivity contribution in [1.82, 2.24) is 0 Å². The van der Waals surface area contributed by atoms with Crippen LogP contribution in [0.15, 0.2) is 46.3 Å². The lowest BCUT2D eigenvalue weighted by Crippen LogP contribution is -2.72. The predicted molar refractivity (Wildman–Crippen MR) is 123 cm³/mol. The highest BCUT2D eigenvalue weighted by molar-refractivity contribution is 6.03. The number of hydrogen-bond acceptors (Lipinski definition) is 8. The quantitative estimate of drug-likeness (QED) is 0.394. The van der Waals surface area contributed by atoms with Gasteiger partial charge in [-0.25, -0.2) is 9.59 Å². The zero-order valence-corrected chi connectivity index (χ0v) is 20.9. The first-order chi connectivity index (χ1) is 16.4. The summed E-state index contributed by atoms with van der Waals surface area (Å²) in [6.07, 6.45) is 4.46. The Balaban J connectivity index is 1.72. The van der Waals surface area contributed by atoms with Crippen LogP contribution >= 0.6 is 0 Å². The molecule has 1 aromatic rings. The van der Waals surface area contributed by atoms with Gasteiger partial charge < -0.3 is 23.7 Å². The number of fused-ring (bicyclic) bond motifs is 1. The third-order valence-corrected chi connectivity index (χ3v) is 9.41. The largest absolute Gasteiger partial charge is 0.472 e. The van der Waals surface area contributed by atoms with Gasteiger partial charge in [-0.3, -0.25) is 4.79 Å². The van der Waals surface area contributed by atoms with Gasteiger partial charge in [0.15, 0.2) is 11.9 Å². The van der Waals surface area contributed by atoms with E-state index in [0.29, 0.717) is 24.0 Å². The molecule has 0 radical (unpaired) electrons. The number of allylic oxidation sites excluding steroid dienone is 2. The minimum absolute atomic E-state index is 0.303. The standard InChI is InChI=1S/C27H32O8/c1-14(2)18-19(29)20(30)26(5)16(24(18,3)10-8-17(28)32-6)7-11-25(4)21(15-9-12-33-13-15)34-23(31)22-27(25,26)35-22/h8-10,12-13,16,20-22,30H,7,11H2,1-6H3/t16-,20-,21+,22-,24-,25+,26+,27-/m1/s1. The second kappa shape index (κ2) is 7.40. The zero-order chi connectivity index (χ0) is 25.6. The first-order valence-electron chi connectivity index (χ1n) is 12.0. The van der Waals surface area contributed by atoms with Crippen molar-refractivity contribution < 1.29 is 38.1 Å². The number of ketones is 1. The van der Waals surface area contributed by atoms with Crippen molar-refractivity contribution in [3.63, 3.8) is 0 Å². The molecule has 0 aromatic carbocycles. The van der Waals surface area contributed by atoms with Gasteiger partial charge in [0.25, 0.3) is 0 Å². The van der Waals surface area contributed by atoms with Gasteiger partial charge in [-0.2, -0.15) is 0 Å². The lowest BCUT2D eigenvalue weighted by atomic mass is 9.38. The summed E-state index contributed by atoms with van der Waals surface area (Å²) in [6.45, 7) is 9.46. The van der Waals surface area contributed by atoms with E-state index in [2.05, 4.69) is 0 Å². The van der Waals surface area contributed by atoms with Gasteiger partial charge in [0, 0.05) is 33.5 Å². The van der Waals surface area contributed by atoms with Gasteiger partial charge in [0.2, 0.25) is 0 Å². The van der Waals surface area contributed by atoms with Gasteiger partial charge in [-0.05, 0) is 38.7 Å². The van der Waals surface area contributed by atoms with E-state index >= 15 is 0 Å². The van der Waals surface area contributed by atoms with E-state index in [0.717, 1.165) is 5.57 Å². The van der Waals surface area contributed by atoms with E-state index in [1.807, 2.05) is 34.6 Å². The second-order valence-corrected chi connectivity index (χ2v) is 11.2. The molecule has 5 rings (SSSR count). The SMILES string of the molecule is COC(=O)C=C[C@@]1(C)C(=C(C)C)C(=O)[C@@H](O)[C@]2(C)[C@@H]1CC[C@@]1(C)[C@H](c3ccoc3)OC(=O)[C@H]3O[C@@]321. The van der Waals surface area contributed by atoms with Gasteiger partial charge in [0.1, 0.15) is 17.8 Å². The Morgan fingerprint density at radius 1 is 1.20 bits per heavy atom. The average Bonchev–Trinajstić information content (AvgIpc) is 3.38. The summed E-state index contributed by atoms with van der Waals surface area (Å²) < 4.78 is 22.3. The van der Waals surface area contributed by atoms with Crippen LogP contribution in [0.2, 0.25) is 0 Å². The summed E-state index contributed by atoms with van der Waals surface area (Å²) in [5.74, 6) is -1.75. The first-order valence-corrected chi connectivity index (χ1v) is 12.0. The summed E-state index contributed by atoms with van der Waals surface area (Å²) in [6, 6.07) is 1.76. The Hall–Kier alpha value is -2.71. The summed E-state index contributed by atoms with van der Waals surface area (Å²) in [7, 11) is 1.30. The maximum Gasteiger partial charge on any atom is 0.339 e. The molecule has 0 bridgehead atoms. The topological polar surface area (TPSA) is 116 Å². The van der Waals surface area contributed by atoms with E-state index in [1.165, 1.54) is 19.4 Å². The van der Waals surface area contributed by atoms with Crippen molar-refractivity contribution in [1.29, 1.82) is 0 Å². The summed E-state index contributed by atoms with van der Waals surface area (Å²) in [4.78, 5) is 39.0. The van der Waals surface area contributed by atoms with Gasteiger partial charge in [0.05, 0.1) is 19.6 Å². The fourth-order valence-corrected chi connectivity index (χ4v) is 7.97. The molecular formula is C27H32O8. The van der Waals surface area contributed by atoms with Gasteiger partial charge in [-0.1, -0.05) is 32.4 Å². The second-order valence-electron chi connectivity index (χ2n) is 11.2. The van der Waals surface area contributed by atoms with Crippen LogP contribution in [0, 0.1) is 22.2 Å². The minimum Gasteiger partial charge on any atom is -0.472 e. The normalized spacial score (nSPS) is 44.3. The van der Waals surface area contributed by atoms with Crippen LogP contribution < -0.4 is 0 Å². The molecular weight excluding hydrogens is 452 g/mol. The zero-order valence-electron chi connectivity index (χ0n) is 20.9. The summed E-state index contributed by atoms with van der Waals surface area (Å²) in [5, 5.41) is 11.7. The molecule has 35 heavy (non-hydrogen) atoms. The third kappa shape index (κ3) is 2.72. The van der Waals surface area contributed by atoms with E-state index < -0.39 is 57.9 Å². The monoisotopic (exact) mass is 484 g/mol. The molecule has 0 unspecified atom stereocenters. The number of aliphatic hydroxyl groups is 1. The Labute approximate surface area is 204 Å². The van der Waals surface area contributed by atoms with E-state index in [9.17, 15) is 19.5 Å². The molecule has 1 spiro atoms. The highest BCUT2D eigenvalue weighted by Gasteiger charge is 2.88. The Bertz CT molecular complexity index is 1160. The number of carbonyl (C=O) groups is 3. The molecule has 8 atom stereocenters. The minimum atomic E-state index is -1.39. The average molecular weight is 485 g/mol. The lowest BCUT2D eigenvalue weighted by Gasteiger charge is -2.64. The lowest BCUT2D eigenvalue weighted by molar-refractivity contribution is -0.218. The van der Waals surface area contributed by atoms with Crippen molar-refractivity contribution in [2.45, 2.75) is 71.4 Å². The van der Waals surface area contributed by atoms with Crippen LogP contribution in [0.5, 0.6) is 0 Å². The number of rotatable bonds is 3. The van der Waals surface area contributed by atoms with Crippen LogP contribution in [0.1, 0.15) is 59.1 Å². The number of methoxy groups -OCH3 is 1. The van der Waals surface area contributed by atoms with Crippen molar-refractivity contribution in [3.05, 3.63) is 47.5 Å². The molecule has 3 heterocycles. The van der Waals surface area contributed by atoms with Crippen LogP contribution in [0.25, 0.3) is 0 Å². The molecule has 8 heteroatoms. The first kappa shape index (κ1) is 24.0. The highest BCUT2D eigenvalue weighted by Crippen LogP contribution is 2.78. The third-order valence-electron chi connectivity index (χ3n) is 9.41. The van der Waals surface area contributed by atoms with Gasteiger partial charge >= 0.3 is 11.9 Å². The number of hydrogen-bond donors (Lipinski definition) is 1. The molecule has 4 fully saturated rings. The number of aliphatic hydroxyl groups excluding tert-OH is 1. The maximum atomic E-state index is 13.8. The molecule has 1 aromatic heterocycles. The van der Waals surface area contributed by atoms with Crippen LogP contribution in [-0.4, -0.2) is 47.7 Å². The van der Waals surface area contributed by atoms with E-state index in [-0.39, 0.29) is 5.92 Å². The molecule has 4 aliphatic rings. The molecule has 188 valence electrons. The number of epoxide rings is 1. The molecule has 2 aliphatic carbocycles. The van der Waals surface area contributed by atoms with E-state index in [1.54, 1.807) is 18.4 Å². The Morgan fingerprint density at radius 3 is 2.51 bits per heavy atom. The maximum absolute atomic E-state index is 13.8. The fraction of sp³-hybridized carbons (Fsp3) is 0.593. The Kier molecular flexibility index (Phi) is 5.07. The number of furan rings is 1. The number of esters is 2. The van der Waals surface area contributed by atoms with Crippen LogP contribution in [-0.2, 0) is 28.6 Å². The van der Waals surface area contributed by atoms with Crippen molar-refractivity contribution in [3.8, 4) is 0 Å². The van der Waals surface area contributed by atoms with Crippen LogP contribution in [0.4, 0.5) is 0 Å². The number of cyclic esters (lactones) is 1. The summed E-state index contributed by atoms with van der Waals surface area (Å²) >= 11 is 0. The number of carbonyl (C=O) groups excluding carboxylic acids is 3. The van der Waals surface area contributed by atoms with Crippen molar-refractivity contribution in [2.24, 2.45) is 22.2 Å². The fourth-order valence-electron chi connectivity index (χ4n) is 7.97. The van der Waals surface area contributed by atoms with Crippen molar-refractivity contribution in [2.75, 3.05) is 7.11 Å². The predicted octanol–water partition coefficient (Wildman–Crippen LogP) is 3.45.